The molecular weight excluding hydrogens is 277 g/mol. The Bertz CT molecular complexity index is 1070. The van der Waals surface area contributed by atoms with E-state index < -0.39 is 0 Å². The summed E-state index contributed by atoms with van der Waals surface area (Å²) in [6.07, 6.45) is 1.80. The van der Waals surface area contributed by atoms with E-state index in [0.717, 1.165) is 38.8 Å². The highest BCUT2D eigenvalue weighted by Crippen LogP contribution is 2.43. The standard InChI is InChI=1S/C18H10FN3/c19-10-5-6-13-15(9-10)22-18-16-12(7-8-20-17(13)16)11-3-1-2-4-14(11)21-18/h1-9H,(H,21,22). The first-order chi connectivity index (χ1) is 10.8. The molecule has 22 heavy (non-hydrogen) atoms. The van der Waals surface area contributed by atoms with Crippen LogP contribution in [0.15, 0.2) is 54.7 Å². The monoisotopic (exact) mass is 287 g/mol. The Morgan fingerprint density at radius 1 is 0.955 bits per heavy atom. The molecule has 3 nitrogen and oxygen atoms in total. The van der Waals surface area contributed by atoms with Crippen LogP contribution < -0.4 is 5.32 Å². The zero-order chi connectivity index (χ0) is 14.7. The normalized spacial score (nSPS) is 12.2. The molecule has 2 aromatic carbocycles. The van der Waals surface area contributed by atoms with E-state index in [-0.39, 0.29) is 5.82 Å². The lowest BCUT2D eigenvalue weighted by molar-refractivity contribution is 0.628. The van der Waals surface area contributed by atoms with Gasteiger partial charge < -0.3 is 5.32 Å². The van der Waals surface area contributed by atoms with Crippen LogP contribution in [0.1, 0.15) is 0 Å². The van der Waals surface area contributed by atoms with E-state index in [2.05, 4.69) is 21.4 Å². The number of pyridine rings is 2. The van der Waals surface area contributed by atoms with E-state index in [4.69, 9.17) is 0 Å². The van der Waals surface area contributed by atoms with Crippen LogP contribution in [0.3, 0.4) is 0 Å². The van der Waals surface area contributed by atoms with Crippen LogP contribution in [-0.4, -0.2) is 9.97 Å². The predicted octanol–water partition coefficient (Wildman–Crippen LogP) is 4.65. The fourth-order valence-electron chi connectivity index (χ4n) is 3.15. The van der Waals surface area contributed by atoms with Gasteiger partial charge in [0.25, 0.3) is 0 Å². The number of nitrogens with one attached hydrogen (secondary N) is 1. The minimum absolute atomic E-state index is 0.275. The minimum Gasteiger partial charge on any atom is -0.339 e. The SMILES string of the molecule is Fc1ccc2c(c1)Nc1nc3ccccc3c3ccnc-2c13. The van der Waals surface area contributed by atoms with Gasteiger partial charge in [0.05, 0.1) is 22.3 Å². The van der Waals surface area contributed by atoms with Crippen LogP contribution in [0, 0.1) is 5.82 Å². The summed E-state index contributed by atoms with van der Waals surface area (Å²) < 4.78 is 13.5. The summed E-state index contributed by atoms with van der Waals surface area (Å²) in [7, 11) is 0. The second-order valence-electron chi connectivity index (χ2n) is 5.37. The molecule has 0 bridgehead atoms. The highest BCUT2D eigenvalue weighted by Gasteiger charge is 2.21. The third-order valence-electron chi connectivity index (χ3n) is 4.10. The molecule has 0 amide bonds. The molecule has 0 saturated carbocycles. The molecule has 3 heterocycles. The molecule has 0 saturated heterocycles. The predicted molar refractivity (Wildman–Crippen MR) is 85.7 cm³/mol. The van der Waals surface area contributed by atoms with Crippen LogP contribution in [0.5, 0.6) is 0 Å². The van der Waals surface area contributed by atoms with Crippen LogP contribution in [0.25, 0.3) is 32.9 Å². The van der Waals surface area contributed by atoms with Gasteiger partial charge in [-0.3, -0.25) is 4.98 Å². The van der Waals surface area contributed by atoms with Crippen molar-refractivity contribution in [2.75, 3.05) is 5.32 Å². The third kappa shape index (κ3) is 1.44. The summed E-state index contributed by atoms with van der Waals surface area (Å²) in [5.41, 5.74) is 3.36. The van der Waals surface area contributed by atoms with Crippen LogP contribution in [0.2, 0.25) is 0 Å². The molecule has 2 aromatic heterocycles. The number of hydrogen-bond donors (Lipinski definition) is 1. The minimum atomic E-state index is -0.275. The molecule has 1 aliphatic rings. The summed E-state index contributed by atoms with van der Waals surface area (Å²) in [4.78, 5) is 9.20. The number of rotatable bonds is 0. The van der Waals surface area contributed by atoms with E-state index in [1.54, 1.807) is 12.3 Å². The van der Waals surface area contributed by atoms with E-state index in [9.17, 15) is 4.39 Å². The molecule has 0 radical (unpaired) electrons. The van der Waals surface area contributed by atoms with Gasteiger partial charge in [-0.25, -0.2) is 9.37 Å². The number of hydrogen-bond acceptors (Lipinski definition) is 3. The first-order valence-electron chi connectivity index (χ1n) is 7.06. The average molecular weight is 287 g/mol. The molecule has 0 fully saturated rings. The van der Waals surface area contributed by atoms with Crippen molar-refractivity contribution in [2.24, 2.45) is 0 Å². The molecule has 4 heteroatoms. The average Bonchev–Trinajstić information content (AvgIpc) is 2.55. The van der Waals surface area contributed by atoms with E-state index in [1.807, 2.05) is 24.3 Å². The Kier molecular flexibility index (Phi) is 2.12. The van der Waals surface area contributed by atoms with E-state index in [1.165, 1.54) is 12.1 Å². The van der Waals surface area contributed by atoms with Crippen molar-refractivity contribution in [1.29, 1.82) is 0 Å². The maximum Gasteiger partial charge on any atom is 0.141 e. The van der Waals surface area contributed by atoms with Gasteiger partial charge in [0.15, 0.2) is 0 Å². The Morgan fingerprint density at radius 3 is 2.82 bits per heavy atom. The van der Waals surface area contributed by atoms with Gasteiger partial charge in [-0.2, -0.15) is 0 Å². The van der Waals surface area contributed by atoms with Crippen molar-refractivity contribution in [3.05, 3.63) is 60.5 Å². The second kappa shape index (κ2) is 4.01. The summed E-state index contributed by atoms with van der Waals surface area (Å²) >= 11 is 0. The number of benzene rings is 2. The number of nitrogens with zero attached hydrogens (tertiary/aromatic N) is 2. The van der Waals surface area contributed by atoms with E-state index in [0.29, 0.717) is 5.69 Å². The molecular formula is C18H10FN3. The largest absolute Gasteiger partial charge is 0.339 e. The lowest BCUT2D eigenvalue weighted by Crippen LogP contribution is -2.05. The van der Waals surface area contributed by atoms with Crippen molar-refractivity contribution in [1.82, 2.24) is 9.97 Å². The summed E-state index contributed by atoms with van der Waals surface area (Å²) in [5.74, 6) is 0.456. The highest BCUT2D eigenvalue weighted by molar-refractivity contribution is 6.17. The number of fused-ring (bicyclic) bond motifs is 4. The van der Waals surface area contributed by atoms with Crippen molar-refractivity contribution in [2.45, 2.75) is 0 Å². The maximum absolute atomic E-state index is 13.5. The van der Waals surface area contributed by atoms with Gasteiger partial charge in [-0.05, 0) is 35.7 Å². The van der Waals surface area contributed by atoms with Gasteiger partial charge in [0.2, 0.25) is 0 Å². The number of aromatic nitrogens is 2. The third-order valence-corrected chi connectivity index (χ3v) is 4.10. The quantitative estimate of drug-likeness (QED) is 0.421. The molecule has 5 rings (SSSR count). The fourth-order valence-corrected chi connectivity index (χ4v) is 3.15. The topological polar surface area (TPSA) is 37.8 Å². The molecule has 0 atom stereocenters. The lowest BCUT2D eigenvalue weighted by atomic mass is 9.97. The van der Waals surface area contributed by atoms with Gasteiger partial charge in [-0.1, -0.05) is 18.2 Å². The van der Waals surface area contributed by atoms with Crippen molar-refractivity contribution < 1.29 is 4.39 Å². The van der Waals surface area contributed by atoms with Crippen LogP contribution in [-0.2, 0) is 0 Å². The zero-order valence-corrected chi connectivity index (χ0v) is 11.5. The highest BCUT2D eigenvalue weighted by atomic mass is 19.1. The van der Waals surface area contributed by atoms with E-state index >= 15 is 0 Å². The van der Waals surface area contributed by atoms with Crippen molar-refractivity contribution >= 4 is 33.2 Å². The zero-order valence-electron chi connectivity index (χ0n) is 11.5. The van der Waals surface area contributed by atoms with Gasteiger partial charge in [-0.15, -0.1) is 0 Å². The Balaban J connectivity index is 2.00. The molecule has 1 aliphatic heterocycles. The first-order valence-corrected chi connectivity index (χ1v) is 7.06. The molecule has 0 unspecified atom stereocenters. The first kappa shape index (κ1) is 11.6. The van der Waals surface area contributed by atoms with Crippen molar-refractivity contribution in [3.63, 3.8) is 0 Å². The molecule has 4 aromatic rings. The Morgan fingerprint density at radius 2 is 1.86 bits per heavy atom. The number of para-hydroxylation sites is 1. The number of anilines is 2. The van der Waals surface area contributed by atoms with Gasteiger partial charge in [0, 0.05) is 17.1 Å². The Hall–Kier alpha value is -3.01. The summed E-state index contributed by atoms with van der Waals surface area (Å²) in [6, 6.07) is 14.7. The van der Waals surface area contributed by atoms with Gasteiger partial charge >= 0.3 is 0 Å². The molecule has 0 aliphatic carbocycles. The smallest absolute Gasteiger partial charge is 0.141 e. The summed E-state index contributed by atoms with van der Waals surface area (Å²) in [6.45, 7) is 0. The van der Waals surface area contributed by atoms with Gasteiger partial charge in [0.1, 0.15) is 11.6 Å². The maximum atomic E-state index is 13.5. The van der Waals surface area contributed by atoms with Crippen LogP contribution in [0.4, 0.5) is 15.9 Å². The molecule has 1 N–H and O–H groups in total. The number of halogens is 1. The summed E-state index contributed by atoms with van der Waals surface area (Å²) in [5, 5.41) is 6.43. The molecule has 0 spiro atoms. The fraction of sp³-hybridized carbons (Fsp3) is 0. The van der Waals surface area contributed by atoms with Crippen LogP contribution >= 0.6 is 0 Å². The van der Waals surface area contributed by atoms with Crippen molar-refractivity contribution in [3.8, 4) is 11.3 Å². The second-order valence-corrected chi connectivity index (χ2v) is 5.37. The Labute approximate surface area is 125 Å². The molecule has 104 valence electrons. The lowest BCUT2D eigenvalue weighted by Gasteiger charge is -2.21.